The summed E-state index contributed by atoms with van der Waals surface area (Å²) in [7, 11) is 0. The summed E-state index contributed by atoms with van der Waals surface area (Å²) in [4.78, 5) is 0. The number of hydrogen-bond acceptors (Lipinski definition) is 1. The minimum atomic E-state index is -0.111. The van der Waals surface area contributed by atoms with Crippen LogP contribution in [0, 0.1) is 30.5 Å². The lowest BCUT2D eigenvalue weighted by Gasteiger charge is -2.37. The minimum absolute atomic E-state index is 0.111. The highest BCUT2D eigenvalue weighted by Crippen LogP contribution is 2.40. The highest BCUT2D eigenvalue weighted by molar-refractivity contribution is 5.27. The third-order valence-corrected chi connectivity index (χ3v) is 4.53. The van der Waals surface area contributed by atoms with Gasteiger partial charge in [0.15, 0.2) is 0 Å². The van der Waals surface area contributed by atoms with Gasteiger partial charge in [0.05, 0.1) is 0 Å². The molecule has 1 N–H and O–H groups in total. The molecule has 0 aliphatic heterocycles. The maximum Gasteiger partial charge on any atom is 0.123 e. The number of benzene rings is 1. The Morgan fingerprint density at radius 1 is 1.15 bits per heavy atom. The first kappa shape index (κ1) is 15.5. The summed E-state index contributed by atoms with van der Waals surface area (Å²) in [5.74, 6) is 2.06. The lowest BCUT2D eigenvalue weighted by Crippen LogP contribution is -2.33. The van der Waals surface area contributed by atoms with Crippen molar-refractivity contribution in [3.05, 3.63) is 35.1 Å². The number of hydrogen-bond donors (Lipinski definition) is 1. The van der Waals surface area contributed by atoms with Crippen molar-refractivity contribution < 1.29 is 4.39 Å². The van der Waals surface area contributed by atoms with Gasteiger partial charge in [0.2, 0.25) is 0 Å². The Morgan fingerprint density at radius 2 is 1.80 bits per heavy atom. The number of rotatable bonds is 4. The van der Waals surface area contributed by atoms with Gasteiger partial charge in [-0.3, -0.25) is 0 Å². The molecular formula is C18H28FN. The Kier molecular flexibility index (Phi) is 5.20. The van der Waals surface area contributed by atoms with Crippen LogP contribution in [0.15, 0.2) is 18.2 Å². The van der Waals surface area contributed by atoms with Crippen LogP contribution in [0.25, 0.3) is 0 Å². The topological polar surface area (TPSA) is 12.0 Å². The van der Waals surface area contributed by atoms with Crippen LogP contribution in [0.3, 0.4) is 0 Å². The first-order valence-corrected chi connectivity index (χ1v) is 8.00. The molecule has 0 amide bonds. The van der Waals surface area contributed by atoms with E-state index in [0.29, 0.717) is 12.0 Å². The molecule has 1 aromatic carbocycles. The highest BCUT2D eigenvalue weighted by atomic mass is 19.1. The Balaban J connectivity index is 2.25. The monoisotopic (exact) mass is 277 g/mol. The second-order valence-corrected chi connectivity index (χ2v) is 6.77. The van der Waals surface area contributed by atoms with Crippen molar-refractivity contribution in [3.8, 4) is 0 Å². The summed E-state index contributed by atoms with van der Waals surface area (Å²) < 4.78 is 13.7. The zero-order valence-corrected chi connectivity index (χ0v) is 13.2. The summed E-state index contributed by atoms with van der Waals surface area (Å²) in [5, 5.41) is 3.60. The SMILES string of the molecule is CCNC(c1cc(C)cc(F)c1)C1CC(C)CC(C)C1. The van der Waals surface area contributed by atoms with E-state index in [1.807, 2.05) is 6.92 Å². The fourth-order valence-electron chi connectivity index (χ4n) is 4.00. The van der Waals surface area contributed by atoms with Crippen LogP contribution in [-0.4, -0.2) is 6.54 Å². The lowest BCUT2D eigenvalue weighted by molar-refractivity contribution is 0.177. The summed E-state index contributed by atoms with van der Waals surface area (Å²) >= 11 is 0. The van der Waals surface area contributed by atoms with E-state index in [9.17, 15) is 4.39 Å². The summed E-state index contributed by atoms with van der Waals surface area (Å²) in [6.07, 6.45) is 3.83. The second-order valence-electron chi connectivity index (χ2n) is 6.77. The molecule has 3 unspecified atom stereocenters. The predicted molar refractivity (Wildman–Crippen MR) is 83.2 cm³/mol. The van der Waals surface area contributed by atoms with E-state index in [4.69, 9.17) is 0 Å². The van der Waals surface area contributed by atoms with Gasteiger partial charge in [-0.2, -0.15) is 0 Å². The van der Waals surface area contributed by atoms with Gasteiger partial charge in [-0.25, -0.2) is 4.39 Å². The van der Waals surface area contributed by atoms with Crippen molar-refractivity contribution in [1.82, 2.24) is 5.32 Å². The molecule has 2 rings (SSSR count). The maximum absolute atomic E-state index is 13.7. The molecule has 0 bridgehead atoms. The highest BCUT2D eigenvalue weighted by Gasteiger charge is 2.30. The molecule has 0 aromatic heterocycles. The Hall–Kier alpha value is -0.890. The van der Waals surface area contributed by atoms with Crippen molar-refractivity contribution in [1.29, 1.82) is 0 Å². The van der Waals surface area contributed by atoms with Crippen LogP contribution in [0.5, 0.6) is 0 Å². The Labute approximate surface area is 123 Å². The van der Waals surface area contributed by atoms with Crippen molar-refractivity contribution in [2.24, 2.45) is 17.8 Å². The average Bonchev–Trinajstić information content (AvgIpc) is 2.33. The predicted octanol–water partition coefficient (Wildman–Crippen LogP) is 4.86. The Morgan fingerprint density at radius 3 is 2.35 bits per heavy atom. The van der Waals surface area contributed by atoms with Crippen LogP contribution in [-0.2, 0) is 0 Å². The van der Waals surface area contributed by atoms with Gasteiger partial charge in [-0.05, 0) is 73.7 Å². The molecule has 20 heavy (non-hydrogen) atoms. The zero-order chi connectivity index (χ0) is 14.7. The van der Waals surface area contributed by atoms with Crippen LogP contribution < -0.4 is 5.32 Å². The number of halogens is 1. The molecule has 1 fully saturated rings. The largest absolute Gasteiger partial charge is 0.310 e. The van der Waals surface area contributed by atoms with E-state index in [-0.39, 0.29) is 5.82 Å². The van der Waals surface area contributed by atoms with Crippen molar-refractivity contribution >= 4 is 0 Å². The Bertz CT molecular complexity index is 413. The molecule has 112 valence electrons. The van der Waals surface area contributed by atoms with Gasteiger partial charge in [0.25, 0.3) is 0 Å². The van der Waals surface area contributed by atoms with E-state index in [0.717, 1.165) is 29.5 Å². The van der Waals surface area contributed by atoms with E-state index in [2.05, 4.69) is 32.2 Å². The molecule has 1 nitrogen and oxygen atoms in total. The third-order valence-electron chi connectivity index (χ3n) is 4.53. The van der Waals surface area contributed by atoms with E-state index in [1.54, 1.807) is 12.1 Å². The molecule has 1 aliphatic carbocycles. The number of nitrogens with one attached hydrogen (secondary N) is 1. The van der Waals surface area contributed by atoms with Crippen LogP contribution in [0.4, 0.5) is 4.39 Å². The van der Waals surface area contributed by atoms with Crippen LogP contribution >= 0.6 is 0 Å². The molecule has 1 aliphatic rings. The third kappa shape index (κ3) is 3.82. The molecule has 2 heteroatoms. The molecule has 0 radical (unpaired) electrons. The summed E-state index contributed by atoms with van der Waals surface area (Å²) in [5.41, 5.74) is 2.13. The van der Waals surface area contributed by atoms with Gasteiger partial charge in [0.1, 0.15) is 5.82 Å². The second kappa shape index (κ2) is 6.71. The average molecular weight is 277 g/mol. The van der Waals surface area contributed by atoms with Crippen molar-refractivity contribution in [3.63, 3.8) is 0 Å². The van der Waals surface area contributed by atoms with Gasteiger partial charge < -0.3 is 5.32 Å². The molecule has 0 heterocycles. The molecular weight excluding hydrogens is 249 g/mol. The standard InChI is InChI=1S/C18H28FN/c1-5-20-18(15-7-12(2)6-13(3)8-15)16-9-14(4)10-17(19)11-16/h9-13,15,18,20H,5-8H2,1-4H3. The van der Waals surface area contributed by atoms with Crippen molar-refractivity contribution in [2.75, 3.05) is 6.54 Å². The molecule has 0 saturated heterocycles. The molecule has 1 aromatic rings. The van der Waals surface area contributed by atoms with E-state index < -0.39 is 0 Å². The van der Waals surface area contributed by atoms with Gasteiger partial charge >= 0.3 is 0 Å². The molecule has 1 saturated carbocycles. The lowest BCUT2D eigenvalue weighted by atomic mass is 9.72. The van der Waals surface area contributed by atoms with Crippen LogP contribution in [0.2, 0.25) is 0 Å². The summed E-state index contributed by atoms with van der Waals surface area (Å²) in [6.45, 7) is 9.74. The molecule has 3 atom stereocenters. The smallest absolute Gasteiger partial charge is 0.123 e. The maximum atomic E-state index is 13.7. The quantitative estimate of drug-likeness (QED) is 0.829. The summed E-state index contributed by atoms with van der Waals surface area (Å²) in [6, 6.07) is 5.75. The van der Waals surface area contributed by atoms with Gasteiger partial charge in [0, 0.05) is 6.04 Å². The van der Waals surface area contributed by atoms with E-state index >= 15 is 0 Å². The number of aryl methyl sites for hydroxylation is 1. The first-order valence-electron chi connectivity index (χ1n) is 8.00. The van der Waals surface area contributed by atoms with Crippen molar-refractivity contribution in [2.45, 2.75) is 53.0 Å². The fourth-order valence-corrected chi connectivity index (χ4v) is 4.00. The minimum Gasteiger partial charge on any atom is -0.310 e. The van der Waals surface area contributed by atoms with Crippen LogP contribution in [0.1, 0.15) is 57.2 Å². The van der Waals surface area contributed by atoms with Gasteiger partial charge in [-0.15, -0.1) is 0 Å². The first-order chi connectivity index (χ1) is 9.49. The fraction of sp³-hybridized carbons (Fsp3) is 0.667. The molecule has 0 spiro atoms. The van der Waals surface area contributed by atoms with E-state index in [1.165, 1.54) is 19.3 Å². The van der Waals surface area contributed by atoms with Gasteiger partial charge in [-0.1, -0.05) is 26.8 Å². The zero-order valence-electron chi connectivity index (χ0n) is 13.2. The normalized spacial score (nSPS) is 28.4.